The molecule has 28 heavy (non-hydrogen) atoms. The molecule has 2 aliphatic carbocycles. The topological polar surface area (TPSA) is 42.9 Å². The van der Waals surface area contributed by atoms with Crippen molar-refractivity contribution in [2.45, 2.75) is 89.1 Å². The summed E-state index contributed by atoms with van der Waals surface area (Å²) in [5, 5.41) is 7.22. The molecule has 5 heteroatoms. The van der Waals surface area contributed by atoms with E-state index in [9.17, 15) is 0 Å². The van der Waals surface area contributed by atoms with Gasteiger partial charge in [0.05, 0.1) is 6.54 Å². The highest BCUT2D eigenvalue weighted by molar-refractivity contribution is 5.79. The van der Waals surface area contributed by atoms with Gasteiger partial charge in [0, 0.05) is 31.2 Å². The van der Waals surface area contributed by atoms with Crippen LogP contribution in [0.4, 0.5) is 0 Å². The second-order valence-electron chi connectivity index (χ2n) is 9.79. The summed E-state index contributed by atoms with van der Waals surface area (Å²) in [6, 6.07) is 0.919. The lowest BCUT2D eigenvalue weighted by Crippen LogP contribution is -2.54. The van der Waals surface area contributed by atoms with E-state index in [1.54, 1.807) is 0 Å². The van der Waals surface area contributed by atoms with Gasteiger partial charge in [0.2, 0.25) is 0 Å². The number of guanidine groups is 1. The Morgan fingerprint density at radius 3 is 2.39 bits per heavy atom. The Morgan fingerprint density at radius 2 is 1.68 bits per heavy atom. The van der Waals surface area contributed by atoms with Gasteiger partial charge in [-0.3, -0.25) is 9.89 Å². The maximum Gasteiger partial charge on any atom is 0.191 e. The minimum Gasteiger partial charge on any atom is -0.357 e. The highest BCUT2D eigenvalue weighted by Crippen LogP contribution is 2.36. The smallest absolute Gasteiger partial charge is 0.191 e. The molecule has 0 bridgehead atoms. The lowest BCUT2D eigenvalue weighted by atomic mass is 9.79. The molecule has 5 nitrogen and oxygen atoms in total. The summed E-state index contributed by atoms with van der Waals surface area (Å²) in [7, 11) is 0. The lowest BCUT2D eigenvalue weighted by Gasteiger charge is -2.47. The fraction of sp³-hybridized carbons (Fsp3) is 0.957. The van der Waals surface area contributed by atoms with Gasteiger partial charge in [0.1, 0.15) is 0 Å². The Bertz CT molecular complexity index is 503. The minimum absolute atomic E-state index is 0.331. The molecule has 2 heterocycles. The van der Waals surface area contributed by atoms with E-state index in [0.717, 1.165) is 37.6 Å². The summed E-state index contributed by atoms with van der Waals surface area (Å²) in [4.78, 5) is 10.7. The highest BCUT2D eigenvalue weighted by Gasteiger charge is 2.38. The van der Waals surface area contributed by atoms with Crippen LogP contribution in [0.1, 0.15) is 77.6 Å². The van der Waals surface area contributed by atoms with Crippen LogP contribution in [0.25, 0.3) is 0 Å². The van der Waals surface area contributed by atoms with Crippen LogP contribution >= 0.6 is 0 Å². The van der Waals surface area contributed by atoms with Crippen molar-refractivity contribution >= 4 is 5.96 Å². The Hall–Kier alpha value is -0.810. The molecule has 4 fully saturated rings. The summed E-state index contributed by atoms with van der Waals surface area (Å²) in [5.74, 6) is 1.84. The van der Waals surface area contributed by atoms with Crippen LogP contribution in [0.2, 0.25) is 0 Å². The molecule has 0 radical (unpaired) electrons. The van der Waals surface area contributed by atoms with Crippen LogP contribution in [-0.4, -0.2) is 73.2 Å². The number of likely N-dealkylation sites (tertiary alicyclic amines) is 2. The SMILES string of the molecule is CCNC(=NCC1(N2CCCCC2)CCCCC1)NCC1CCN(C2CC2)C1. The van der Waals surface area contributed by atoms with Gasteiger partial charge in [0.25, 0.3) is 0 Å². The van der Waals surface area contributed by atoms with Crippen molar-refractivity contribution < 1.29 is 0 Å². The van der Waals surface area contributed by atoms with Gasteiger partial charge in [0.15, 0.2) is 5.96 Å². The van der Waals surface area contributed by atoms with Crippen LogP contribution in [0.15, 0.2) is 4.99 Å². The van der Waals surface area contributed by atoms with E-state index in [0.29, 0.717) is 5.54 Å². The van der Waals surface area contributed by atoms with E-state index in [-0.39, 0.29) is 0 Å². The zero-order valence-corrected chi connectivity index (χ0v) is 18.2. The zero-order valence-electron chi connectivity index (χ0n) is 18.2. The molecule has 160 valence electrons. The standard InChI is InChI=1S/C23H43N5/c1-2-24-22(25-17-20-11-16-27(18-20)21-9-10-21)26-19-23(12-5-3-6-13-23)28-14-7-4-8-15-28/h20-21H,2-19H2,1H3,(H2,24,25,26). The van der Waals surface area contributed by atoms with Crippen molar-refractivity contribution in [2.75, 3.05) is 45.8 Å². The number of aliphatic imine (C=N–C) groups is 1. The third kappa shape index (κ3) is 5.21. The first kappa shape index (κ1) is 20.5. The third-order valence-electron chi connectivity index (χ3n) is 7.63. The van der Waals surface area contributed by atoms with Crippen LogP contribution in [-0.2, 0) is 0 Å². The number of piperidine rings is 1. The molecule has 4 aliphatic rings. The molecule has 2 saturated heterocycles. The Balaban J connectivity index is 1.33. The Morgan fingerprint density at radius 1 is 0.929 bits per heavy atom. The first-order chi connectivity index (χ1) is 13.8. The average molecular weight is 390 g/mol. The van der Waals surface area contributed by atoms with Crippen molar-refractivity contribution in [3.8, 4) is 0 Å². The van der Waals surface area contributed by atoms with Gasteiger partial charge in [-0.2, -0.15) is 0 Å². The van der Waals surface area contributed by atoms with Crippen LogP contribution in [0.5, 0.6) is 0 Å². The van der Waals surface area contributed by atoms with Gasteiger partial charge in [-0.15, -0.1) is 0 Å². The summed E-state index contributed by atoms with van der Waals surface area (Å²) >= 11 is 0. The molecule has 2 saturated carbocycles. The fourth-order valence-electron chi connectivity index (χ4n) is 5.76. The number of hydrogen-bond acceptors (Lipinski definition) is 3. The number of nitrogens with zero attached hydrogens (tertiary/aromatic N) is 3. The molecule has 2 aliphatic heterocycles. The van der Waals surface area contributed by atoms with Crippen molar-refractivity contribution in [1.29, 1.82) is 0 Å². The van der Waals surface area contributed by atoms with Crippen molar-refractivity contribution in [2.24, 2.45) is 10.9 Å². The van der Waals surface area contributed by atoms with Gasteiger partial charge >= 0.3 is 0 Å². The molecule has 4 rings (SSSR count). The average Bonchev–Trinajstić information content (AvgIpc) is 3.49. The Labute approximate surface area is 172 Å². The van der Waals surface area contributed by atoms with E-state index in [2.05, 4.69) is 27.4 Å². The number of rotatable bonds is 7. The summed E-state index contributed by atoms with van der Waals surface area (Å²) < 4.78 is 0. The molecule has 2 N–H and O–H groups in total. The monoisotopic (exact) mass is 389 g/mol. The molecule has 1 atom stereocenters. The number of hydrogen-bond donors (Lipinski definition) is 2. The largest absolute Gasteiger partial charge is 0.357 e. The van der Waals surface area contributed by atoms with Crippen molar-refractivity contribution in [1.82, 2.24) is 20.4 Å². The van der Waals surface area contributed by atoms with E-state index in [1.807, 2.05) is 0 Å². The zero-order chi connectivity index (χ0) is 19.2. The van der Waals surface area contributed by atoms with Crippen molar-refractivity contribution in [3.05, 3.63) is 0 Å². The van der Waals surface area contributed by atoms with E-state index >= 15 is 0 Å². The van der Waals surface area contributed by atoms with E-state index < -0.39 is 0 Å². The predicted molar refractivity (Wildman–Crippen MR) is 118 cm³/mol. The van der Waals surface area contributed by atoms with E-state index in [1.165, 1.54) is 96.8 Å². The molecule has 0 spiro atoms. The van der Waals surface area contributed by atoms with E-state index in [4.69, 9.17) is 4.99 Å². The maximum absolute atomic E-state index is 5.15. The normalized spacial score (nSPS) is 29.8. The molecule has 0 aromatic rings. The summed E-state index contributed by atoms with van der Waals surface area (Å²) in [6.07, 6.45) is 15.3. The third-order valence-corrected chi connectivity index (χ3v) is 7.63. The molecular formula is C23H43N5. The second kappa shape index (κ2) is 9.80. The molecule has 0 aromatic heterocycles. The maximum atomic E-state index is 5.15. The summed E-state index contributed by atoms with van der Waals surface area (Å²) in [5.41, 5.74) is 0.331. The van der Waals surface area contributed by atoms with Crippen LogP contribution in [0.3, 0.4) is 0 Å². The Kier molecular flexibility index (Phi) is 7.16. The summed E-state index contributed by atoms with van der Waals surface area (Å²) in [6.45, 7) is 10.4. The highest BCUT2D eigenvalue weighted by atomic mass is 15.2. The van der Waals surface area contributed by atoms with Crippen LogP contribution in [0, 0.1) is 5.92 Å². The number of nitrogens with one attached hydrogen (secondary N) is 2. The molecule has 1 unspecified atom stereocenters. The first-order valence-electron chi connectivity index (χ1n) is 12.3. The van der Waals surface area contributed by atoms with Gasteiger partial charge in [-0.25, -0.2) is 0 Å². The quantitative estimate of drug-likeness (QED) is 0.518. The molecule has 0 aromatic carbocycles. The predicted octanol–water partition coefficient (Wildman–Crippen LogP) is 3.21. The molecular weight excluding hydrogens is 346 g/mol. The first-order valence-corrected chi connectivity index (χ1v) is 12.3. The lowest BCUT2D eigenvalue weighted by molar-refractivity contribution is 0.0407. The minimum atomic E-state index is 0.331. The molecule has 0 amide bonds. The fourth-order valence-corrected chi connectivity index (χ4v) is 5.76. The van der Waals surface area contributed by atoms with Gasteiger partial charge < -0.3 is 15.5 Å². The van der Waals surface area contributed by atoms with Gasteiger partial charge in [-0.05, 0) is 77.4 Å². The van der Waals surface area contributed by atoms with Crippen molar-refractivity contribution in [3.63, 3.8) is 0 Å². The van der Waals surface area contributed by atoms with Crippen LogP contribution < -0.4 is 10.6 Å². The second-order valence-corrected chi connectivity index (χ2v) is 9.79. The van der Waals surface area contributed by atoms with Gasteiger partial charge in [-0.1, -0.05) is 25.7 Å².